The van der Waals surface area contributed by atoms with Crippen LogP contribution in [0.4, 0.5) is 0 Å². The molecule has 0 aliphatic heterocycles. The summed E-state index contributed by atoms with van der Waals surface area (Å²) in [5.41, 5.74) is 11.1. The second kappa shape index (κ2) is 38.7. The summed E-state index contributed by atoms with van der Waals surface area (Å²) in [7, 11) is -9.24. The first-order valence-electron chi connectivity index (χ1n) is 32.0. The van der Waals surface area contributed by atoms with E-state index < -0.39 is 15.6 Å². The molecule has 4 atom stereocenters. The Bertz CT molecular complexity index is 2310. The Morgan fingerprint density at radius 1 is 0.412 bits per heavy atom. The molecular weight excluding hydrogens is 1050 g/mol. The van der Waals surface area contributed by atoms with Crippen molar-refractivity contribution >= 4 is 32.3 Å². The number of benzene rings is 4. The van der Waals surface area contributed by atoms with Crippen molar-refractivity contribution in [3.05, 3.63) is 116 Å². The van der Waals surface area contributed by atoms with Crippen molar-refractivity contribution in [2.45, 2.75) is 274 Å². The molecule has 2 aliphatic rings. The van der Waals surface area contributed by atoms with Crippen LogP contribution >= 0.6 is 15.6 Å². The number of hydrogen-bond acceptors (Lipinski definition) is 9. The van der Waals surface area contributed by atoms with E-state index in [4.69, 9.17) is 22.3 Å². The molecule has 4 aromatic carbocycles. The SMILES string of the molecule is CCCCCc1ccc(OP(=O)([O-])Oc2c3cc(CCCCC)cc2CC(CCC)CC3)c(CCCCC)c1.CCCCCc1ccc(OP(=O)([O-])Oc2c3cc(CCCCC)cc2CC(CCC)CC3)c(CCCCC)c1.[OH][Al+2]. The zero-order valence-corrected chi connectivity index (χ0v) is 54.1. The summed E-state index contributed by atoms with van der Waals surface area (Å²) in [6.45, 7) is 17.7. The quantitative estimate of drug-likeness (QED) is 0.0268. The molecule has 4 unspecified atom stereocenters. The van der Waals surface area contributed by atoms with Crippen LogP contribution in [0.2, 0.25) is 0 Å². The van der Waals surface area contributed by atoms with E-state index in [0.717, 1.165) is 200 Å². The van der Waals surface area contributed by atoms with Gasteiger partial charge in [-0.25, -0.2) is 9.13 Å². The van der Waals surface area contributed by atoms with Crippen molar-refractivity contribution < 1.29 is 41.2 Å². The Morgan fingerprint density at radius 2 is 0.725 bits per heavy atom. The number of hydrogen-bond donors (Lipinski definition) is 1. The van der Waals surface area contributed by atoms with Gasteiger partial charge in [0.05, 0.1) is 0 Å². The van der Waals surface area contributed by atoms with E-state index in [1.54, 1.807) is 0 Å². The molecular formula is C68H105AlO9P2. The molecule has 9 nitrogen and oxygen atoms in total. The van der Waals surface area contributed by atoms with Crippen LogP contribution in [-0.4, -0.2) is 20.8 Å². The van der Waals surface area contributed by atoms with E-state index in [0.29, 0.717) is 34.8 Å². The van der Waals surface area contributed by atoms with Gasteiger partial charge in [0.15, 0.2) is 0 Å². The van der Waals surface area contributed by atoms with E-state index in [9.17, 15) is 18.9 Å². The number of phosphoric ester groups is 2. The number of fused-ring (bicyclic) bond motifs is 4. The molecule has 4 aromatic rings. The van der Waals surface area contributed by atoms with Crippen molar-refractivity contribution in [1.29, 1.82) is 0 Å². The van der Waals surface area contributed by atoms with Crippen molar-refractivity contribution in [1.82, 2.24) is 0 Å². The van der Waals surface area contributed by atoms with Crippen molar-refractivity contribution in [3.63, 3.8) is 0 Å². The number of phosphoric acid groups is 2. The topological polar surface area (TPSA) is 137 Å². The van der Waals surface area contributed by atoms with E-state index in [-0.39, 0.29) is 0 Å². The fourth-order valence-electron chi connectivity index (χ4n) is 11.8. The summed E-state index contributed by atoms with van der Waals surface area (Å²) in [4.78, 5) is 26.8. The van der Waals surface area contributed by atoms with Crippen molar-refractivity contribution in [3.8, 4) is 23.0 Å². The Labute approximate surface area is 495 Å². The van der Waals surface area contributed by atoms with Crippen LogP contribution in [-0.2, 0) is 73.3 Å². The fraction of sp³-hybridized carbons (Fsp3) is 0.647. The Balaban J connectivity index is 0.000000334. The summed E-state index contributed by atoms with van der Waals surface area (Å²) in [5.74, 6) is 2.99. The fourth-order valence-corrected chi connectivity index (χ4v) is 13.6. The molecule has 0 fully saturated rings. The third-order valence-electron chi connectivity index (χ3n) is 16.1. The van der Waals surface area contributed by atoms with E-state index in [1.807, 2.05) is 24.3 Å². The summed E-state index contributed by atoms with van der Waals surface area (Å²) in [5, 5.41) is 0. The molecule has 0 amide bonds. The Kier molecular flexibility index (Phi) is 33.6. The Morgan fingerprint density at radius 3 is 1.05 bits per heavy atom. The van der Waals surface area contributed by atoms with Crippen LogP contribution in [0.5, 0.6) is 23.0 Å². The van der Waals surface area contributed by atoms with Gasteiger partial charge in [0.2, 0.25) is 0 Å². The first-order valence-corrected chi connectivity index (χ1v) is 35.4. The van der Waals surface area contributed by atoms with Crippen molar-refractivity contribution in [2.24, 2.45) is 11.8 Å². The summed E-state index contributed by atoms with van der Waals surface area (Å²) in [6, 6.07) is 20.8. The summed E-state index contributed by atoms with van der Waals surface area (Å²) < 4.78 is 56.9. The molecule has 4 bridgehead atoms. The average Bonchev–Trinajstić information content (AvgIpc) is 3.60. The molecule has 0 saturated heterocycles. The van der Waals surface area contributed by atoms with Gasteiger partial charge in [-0.15, -0.1) is 0 Å². The van der Waals surface area contributed by atoms with Crippen LogP contribution in [0.25, 0.3) is 0 Å². The van der Waals surface area contributed by atoms with Gasteiger partial charge in [-0.05, 0) is 195 Å². The van der Waals surface area contributed by atoms with Gasteiger partial charge in [0.1, 0.15) is 23.0 Å². The second-order valence-electron chi connectivity index (χ2n) is 23.2. The van der Waals surface area contributed by atoms with E-state index in [2.05, 4.69) is 91.8 Å². The monoisotopic (exact) mass is 1150 g/mol. The molecule has 0 saturated carbocycles. The third kappa shape index (κ3) is 24.7. The number of rotatable bonds is 36. The van der Waals surface area contributed by atoms with Crippen LogP contribution in [0.1, 0.15) is 265 Å². The molecule has 0 aromatic heterocycles. The standard InChI is InChI=1S/2C34H53O4P.Al.H2O/c2*1-5-9-12-16-28-20-22-33(30(23-28)18-14-11-7-3)37-39(35,36)38-34-31-21-19-27(15-8-4)24-32(34)26-29(25-31)17-13-10-6-2;;/h2*20,22-23,25-27H,5-19,21,24H2,1-4H3,(H,35,36);;1H2/q;;+3;/p-3. The maximum atomic E-state index is 13.4. The third-order valence-corrected chi connectivity index (χ3v) is 17.8. The van der Waals surface area contributed by atoms with Gasteiger partial charge >= 0.3 is 36.4 Å². The molecule has 6 rings (SSSR count). The zero-order valence-electron chi connectivity index (χ0n) is 51.2. The molecule has 444 valence electrons. The predicted molar refractivity (Wildman–Crippen MR) is 332 cm³/mol. The molecule has 2 aliphatic carbocycles. The minimum absolute atomic E-state index is 0.418. The van der Waals surface area contributed by atoms with Gasteiger partial charge < -0.3 is 27.9 Å². The molecule has 0 spiro atoms. The first kappa shape index (κ1) is 69.4. The zero-order chi connectivity index (χ0) is 58.2. The molecule has 0 radical (unpaired) electrons. The van der Waals surface area contributed by atoms with Gasteiger partial charge in [-0.3, -0.25) is 0 Å². The van der Waals surface area contributed by atoms with Gasteiger partial charge in [0, 0.05) is 0 Å². The number of aryl methyl sites for hydroxylation is 8. The van der Waals surface area contributed by atoms with Crippen molar-refractivity contribution in [2.75, 3.05) is 0 Å². The average molecular weight is 1160 g/mol. The summed E-state index contributed by atoms with van der Waals surface area (Å²) >= 11 is 1.42. The second-order valence-corrected chi connectivity index (χ2v) is 25.7. The minimum atomic E-state index is -4.62. The van der Waals surface area contributed by atoms with E-state index >= 15 is 0 Å². The van der Waals surface area contributed by atoms with E-state index in [1.165, 1.54) is 90.2 Å². The van der Waals surface area contributed by atoms with Crippen LogP contribution in [0.15, 0.2) is 60.7 Å². The molecule has 80 heavy (non-hydrogen) atoms. The van der Waals surface area contributed by atoms with Crippen LogP contribution in [0, 0.1) is 11.8 Å². The van der Waals surface area contributed by atoms with Gasteiger partial charge in [0.25, 0.3) is 0 Å². The van der Waals surface area contributed by atoms with Crippen LogP contribution < -0.4 is 27.9 Å². The van der Waals surface area contributed by atoms with Gasteiger partial charge in [-0.1, -0.05) is 207 Å². The number of unbranched alkanes of at least 4 members (excludes halogenated alkanes) is 12. The Hall–Kier alpha value is -3.05. The predicted octanol–water partition coefficient (Wildman–Crippen LogP) is 18.5. The molecule has 0 heterocycles. The molecule has 12 heteroatoms. The normalized spacial score (nSPS) is 16.2. The summed E-state index contributed by atoms with van der Waals surface area (Å²) in [6.07, 6.45) is 36.5. The van der Waals surface area contributed by atoms with Gasteiger partial charge in [-0.2, -0.15) is 0 Å². The van der Waals surface area contributed by atoms with Crippen LogP contribution in [0.3, 0.4) is 0 Å². The molecule has 1 N–H and O–H groups in total. The first-order chi connectivity index (χ1) is 38.8. The maximum absolute atomic E-state index is 13.4.